The number of phenolic OH excluding ortho intramolecular Hbond substituents is 1. The van der Waals surface area contributed by atoms with Gasteiger partial charge in [0.1, 0.15) is 58.4 Å². The van der Waals surface area contributed by atoms with Crippen molar-refractivity contribution >= 4 is 11.0 Å². The number of rotatable bonds is 5. The Kier molecular flexibility index (Phi) is 6.04. The minimum absolute atomic E-state index is 0.0637. The minimum Gasteiger partial charge on any atom is -0.508 e. The fourth-order valence-corrected chi connectivity index (χ4v) is 3.52. The molecule has 0 radical (unpaired) electrons. The van der Waals surface area contributed by atoms with Crippen molar-refractivity contribution in [2.24, 2.45) is 0 Å². The molecular formula is C22H22O10. The van der Waals surface area contributed by atoms with Crippen LogP contribution in [0.15, 0.2) is 51.7 Å². The van der Waals surface area contributed by atoms with E-state index in [-0.39, 0.29) is 39.4 Å². The van der Waals surface area contributed by atoms with E-state index in [1.165, 1.54) is 37.4 Å². The van der Waals surface area contributed by atoms with Crippen LogP contribution in [-0.2, 0) is 4.74 Å². The number of methoxy groups -OCH3 is 1. The molecule has 0 amide bonds. The first-order valence-electron chi connectivity index (χ1n) is 9.75. The monoisotopic (exact) mass is 446 g/mol. The van der Waals surface area contributed by atoms with Gasteiger partial charge >= 0.3 is 0 Å². The molecule has 32 heavy (non-hydrogen) atoms. The molecule has 0 unspecified atom stereocenters. The lowest BCUT2D eigenvalue weighted by Gasteiger charge is -2.39. The smallest absolute Gasteiger partial charge is 0.229 e. The van der Waals surface area contributed by atoms with Crippen molar-refractivity contribution < 1.29 is 44.2 Å². The van der Waals surface area contributed by atoms with Gasteiger partial charge in [-0.15, -0.1) is 0 Å². The van der Waals surface area contributed by atoms with Gasteiger partial charge in [-0.25, -0.2) is 0 Å². The highest BCUT2D eigenvalue weighted by molar-refractivity contribution is 5.86. The second-order valence-electron chi connectivity index (χ2n) is 7.34. The van der Waals surface area contributed by atoms with Crippen LogP contribution in [-0.4, -0.2) is 70.0 Å². The van der Waals surface area contributed by atoms with E-state index in [1.54, 1.807) is 12.1 Å². The first-order chi connectivity index (χ1) is 15.3. The van der Waals surface area contributed by atoms with Crippen LogP contribution in [0.1, 0.15) is 0 Å². The zero-order valence-electron chi connectivity index (χ0n) is 16.9. The van der Waals surface area contributed by atoms with E-state index >= 15 is 0 Å². The van der Waals surface area contributed by atoms with Gasteiger partial charge in [0.25, 0.3) is 0 Å². The Morgan fingerprint density at radius 3 is 2.38 bits per heavy atom. The van der Waals surface area contributed by atoms with Gasteiger partial charge in [-0.3, -0.25) is 4.79 Å². The number of aliphatic hydroxyl groups is 4. The van der Waals surface area contributed by atoms with Gasteiger partial charge < -0.3 is 44.2 Å². The van der Waals surface area contributed by atoms with Crippen LogP contribution in [0.5, 0.6) is 17.2 Å². The molecule has 5 N–H and O–H groups in total. The number of ether oxygens (including phenoxy) is 3. The number of aromatic hydroxyl groups is 1. The van der Waals surface area contributed by atoms with Crippen LogP contribution in [0.4, 0.5) is 0 Å². The highest BCUT2D eigenvalue weighted by Gasteiger charge is 2.44. The van der Waals surface area contributed by atoms with Gasteiger partial charge in [0, 0.05) is 23.8 Å². The molecule has 0 aliphatic carbocycles. The van der Waals surface area contributed by atoms with Crippen molar-refractivity contribution in [3.8, 4) is 28.6 Å². The molecule has 3 aromatic rings. The van der Waals surface area contributed by atoms with Crippen LogP contribution >= 0.6 is 0 Å². The lowest BCUT2D eigenvalue weighted by atomic mass is 9.99. The van der Waals surface area contributed by atoms with Crippen LogP contribution in [0, 0.1) is 0 Å². The third-order valence-corrected chi connectivity index (χ3v) is 5.24. The van der Waals surface area contributed by atoms with Gasteiger partial charge in [-0.05, 0) is 24.3 Å². The largest absolute Gasteiger partial charge is 0.508 e. The SMILES string of the molecule is COc1cc(O[C@@H]2O[C@H](CO)[C@@H](O)[C@H](O)[C@H]2O)cc2oc(-c3ccc(O)cc3)cc(=O)c12. The Morgan fingerprint density at radius 1 is 1.00 bits per heavy atom. The molecule has 1 saturated heterocycles. The predicted molar refractivity (Wildman–Crippen MR) is 111 cm³/mol. The van der Waals surface area contributed by atoms with Gasteiger partial charge in [0.15, 0.2) is 5.43 Å². The average Bonchev–Trinajstić information content (AvgIpc) is 2.79. The summed E-state index contributed by atoms with van der Waals surface area (Å²) in [6, 6.07) is 10.2. The molecule has 0 spiro atoms. The molecular weight excluding hydrogens is 424 g/mol. The summed E-state index contributed by atoms with van der Waals surface area (Å²) in [6.07, 6.45) is -7.29. The predicted octanol–water partition coefficient (Wildman–Crippen LogP) is 0.353. The molecule has 1 fully saturated rings. The zero-order chi connectivity index (χ0) is 23.0. The first-order valence-corrected chi connectivity index (χ1v) is 9.75. The lowest BCUT2D eigenvalue weighted by molar-refractivity contribution is -0.277. The lowest BCUT2D eigenvalue weighted by Crippen LogP contribution is -2.60. The summed E-state index contributed by atoms with van der Waals surface area (Å²) in [7, 11) is 1.36. The summed E-state index contributed by atoms with van der Waals surface area (Å²) in [6.45, 7) is -0.600. The number of hydrogen-bond acceptors (Lipinski definition) is 10. The highest BCUT2D eigenvalue weighted by atomic mass is 16.7. The quantitative estimate of drug-likeness (QED) is 0.370. The molecule has 1 aromatic heterocycles. The fraction of sp³-hybridized carbons (Fsp3) is 0.318. The van der Waals surface area contributed by atoms with Crippen molar-refractivity contribution in [2.45, 2.75) is 30.7 Å². The summed E-state index contributed by atoms with van der Waals surface area (Å²) in [5.74, 6) is 0.543. The summed E-state index contributed by atoms with van der Waals surface area (Å²) < 4.78 is 22.2. The van der Waals surface area contributed by atoms with Gasteiger partial charge in [0.2, 0.25) is 6.29 Å². The molecule has 2 aromatic carbocycles. The summed E-state index contributed by atoms with van der Waals surface area (Å²) >= 11 is 0. The topological polar surface area (TPSA) is 159 Å². The van der Waals surface area contributed by atoms with Gasteiger partial charge in [-0.2, -0.15) is 0 Å². The molecule has 10 heteroatoms. The number of benzene rings is 2. The third kappa shape index (κ3) is 4.01. The van der Waals surface area contributed by atoms with Gasteiger partial charge in [-0.1, -0.05) is 0 Å². The van der Waals surface area contributed by atoms with E-state index in [2.05, 4.69) is 0 Å². The maximum Gasteiger partial charge on any atom is 0.229 e. The van der Waals surface area contributed by atoms with Crippen molar-refractivity contribution in [1.29, 1.82) is 0 Å². The fourth-order valence-electron chi connectivity index (χ4n) is 3.52. The van der Waals surface area contributed by atoms with Gasteiger partial charge in [0.05, 0.1) is 13.7 Å². The normalized spacial score (nSPS) is 25.6. The number of fused-ring (bicyclic) bond motifs is 1. The van der Waals surface area contributed by atoms with Crippen LogP contribution in [0.2, 0.25) is 0 Å². The minimum atomic E-state index is -1.61. The Morgan fingerprint density at radius 2 is 1.72 bits per heavy atom. The van der Waals surface area contributed by atoms with Crippen molar-refractivity contribution in [3.63, 3.8) is 0 Å². The van der Waals surface area contributed by atoms with Crippen LogP contribution < -0.4 is 14.9 Å². The van der Waals surface area contributed by atoms with Crippen molar-refractivity contribution in [2.75, 3.05) is 13.7 Å². The van der Waals surface area contributed by atoms with Crippen LogP contribution in [0.3, 0.4) is 0 Å². The second-order valence-corrected chi connectivity index (χ2v) is 7.34. The van der Waals surface area contributed by atoms with E-state index in [1.807, 2.05) is 0 Å². The molecule has 1 aliphatic heterocycles. The van der Waals surface area contributed by atoms with Crippen molar-refractivity contribution in [3.05, 3.63) is 52.7 Å². The maximum absolute atomic E-state index is 12.8. The third-order valence-electron chi connectivity index (χ3n) is 5.24. The summed E-state index contributed by atoms with van der Waals surface area (Å²) in [4.78, 5) is 12.8. The summed E-state index contributed by atoms with van der Waals surface area (Å²) in [5.41, 5.74) is 0.311. The highest BCUT2D eigenvalue weighted by Crippen LogP contribution is 2.34. The molecule has 10 nitrogen and oxygen atoms in total. The van der Waals surface area contributed by atoms with Crippen LogP contribution in [0.25, 0.3) is 22.3 Å². The van der Waals surface area contributed by atoms with E-state index in [0.717, 1.165) is 0 Å². The zero-order valence-corrected chi connectivity index (χ0v) is 16.9. The Bertz CT molecular complexity index is 1150. The summed E-state index contributed by atoms with van der Waals surface area (Å²) in [5, 5.41) is 49.1. The standard InChI is InChI=1S/C22H22O10/c1-29-15-6-12(30-22-21(28)20(27)19(26)17(9-23)32-22)7-16-18(15)13(25)8-14(31-16)10-2-4-11(24)5-3-10/h2-8,17,19-24,26-28H,9H2,1H3/t17-,19-,20+,21-,22-/m1/s1. The molecule has 170 valence electrons. The van der Waals surface area contributed by atoms with Crippen molar-refractivity contribution in [1.82, 2.24) is 0 Å². The Hall–Kier alpha value is -3.15. The molecule has 2 heterocycles. The van der Waals surface area contributed by atoms with E-state index in [4.69, 9.17) is 18.6 Å². The Balaban J connectivity index is 1.74. The molecule has 1 aliphatic rings. The average molecular weight is 446 g/mol. The second kappa shape index (κ2) is 8.77. The molecule has 0 saturated carbocycles. The molecule has 4 rings (SSSR count). The number of hydrogen-bond donors (Lipinski definition) is 5. The van der Waals surface area contributed by atoms with E-state index < -0.39 is 37.3 Å². The number of phenols is 1. The molecule has 0 bridgehead atoms. The number of aliphatic hydroxyl groups excluding tert-OH is 4. The van der Waals surface area contributed by atoms with E-state index in [0.29, 0.717) is 5.56 Å². The Labute approximate surface area is 181 Å². The first kappa shape index (κ1) is 22.1. The van der Waals surface area contributed by atoms with E-state index in [9.17, 15) is 30.3 Å². The maximum atomic E-state index is 12.8. The molecule has 5 atom stereocenters.